The van der Waals surface area contributed by atoms with Crippen molar-refractivity contribution in [2.75, 3.05) is 26.2 Å². The average molecular weight is 374 g/mol. The molecule has 3 aromatic rings. The summed E-state index contributed by atoms with van der Waals surface area (Å²) in [4.78, 5) is 7.23. The molecule has 1 aliphatic heterocycles. The molecule has 6 heteroatoms. The number of benzene rings is 2. The Balaban J connectivity index is 1.26. The first-order valence-electron chi connectivity index (χ1n) is 8.08. The molecule has 1 aromatic heterocycles. The van der Waals surface area contributed by atoms with E-state index in [0.29, 0.717) is 0 Å². The number of hydrogen-bond acceptors (Lipinski definition) is 6. The van der Waals surface area contributed by atoms with E-state index in [4.69, 9.17) is 4.98 Å². The van der Waals surface area contributed by atoms with Crippen molar-refractivity contribution in [2.45, 2.75) is 10.9 Å². The molecule has 1 aliphatic rings. The number of nitrogens with zero attached hydrogens (tertiary/aromatic N) is 3. The summed E-state index contributed by atoms with van der Waals surface area (Å²) in [6.45, 7) is 5.53. The Morgan fingerprint density at radius 3 is 2.46 bits per heavy atom. The summed E-state index contributed by atoms with van der Waals surface area (Å²) < 4.78 is 4.87. The number of thiazole rings is 1. The van der Waals surface area contributed by atoms with Crippen LogP contribution in [0.2, 0.25) is 0 Å². The Labute approximate surface area is 154 Å². The number of para-hydroxylation sites is 1. The van der Waals surface area contributed by atoms with Crippen LogP contribution in [0.25, 0.3) is 10.2 Å². The number of rotatable bonds is 5. The predicted molar refractivity (Wildman–Crippen MR) is 106 cm³/mol. The maximum absolute atomic E-state index is 4.69. The van der Waals surface area contributed by atoms with Gasteiger partial charge in [0, 0.05) is 32.7 Å². The zero-order valence-electron chi connectivity index (χ0n) is 13.3. The van der Waals surface area contributed by atoms with Crippen LogP contribution in [0, 0.1) is 0 Å². The summed E-state index contributed by atoms with van der Waals surface area (Å²) in [5.74, 6) is 0. The fourth-order valence-electron chi connectivity index (χ4n) is 2.78. The summed E-state index contributed by atoms with van der Waals surface area (Å²) in [6, 6.07) is 19.1. The molecule has 0 aliphatic carbocycles. The first-order valence-corrected chi connectivity index (χ1v) is 11.0. The second-order valence-electron chi connectivity index (χ2n) is 5.80. The van der Waals surface area contributed by atoms with Crippen molar-refractivity contribution in [1.82, 2.24) is 14.2 Å². The molecule has 4 rings (SSSR count). The highest BCUT2D eigenvalue weighted by atomic mass is 33.1. The van der Waals surface area contributed by atoms with Crippen molar-refractivity contribution in [3.05, 3.63) is 60.2 Å². The Hall–Kier alpha value is -1.05. The molecule has 2 heterocycles. The Morgan fingerprint density at radius 1 is 0.917 bits per heavy atom. The number of fused-ring (bicyclic) bond motifs is 1. The summed E-state index contributed by atoms with van der Waals surface area (Å²) in [5.41, 5.74) is 2.51. The van der Waals surface area contributed by atoms with Crippen molar-refractivity contribution in [3.8, 4) is 0 Å². The van der Waals surface area contributed by atoms with Crippen LogP contribution in [0.4, 0.5) is 0 Å². The van der Waals surface area contributed by atoms with Crippen LogP contribution in [-0.4, -0.2) is 40.4 Å². The third-order valence-corrected chi connectivity index (χ3v) is 7.93. The minimum Gasteiger partial charge on any atom is -0.296 e. The molecule has 0 spiro atoms. The second kappa shape index (κ2) is 7.89. The van der Waals surface area contributed by atoms with E-state index >= 15 is 0 Å². The molecule has 124 valence electrons. The van der Waals surface area contributed by atoms with Crippen LogP contribution >= 0.6 is 33.1 Å². The number of piperazine rings is 1. The average Bonchev–Trinajstić information content (AvgIpc) is 3.05. The lowest BCUT2D eigenvalue weighted by Crippen LogP contribution is -2.42. The zero-order valence-corrected chi connectivity index (χ0v) is 15.7. The first kappa shape index (κ1) is 16.4. The maximum atomic E-state index is 4.69. The van der Waals surface area contributed by atoms with Gasteiger partial charge in [0.15, 0.2) is 4.34 Å². The normalized spacial score (nSPS) is 16.7. The van der Waals surface area contributed by atoms with E-state index in [2.05, 4.69) is 63.8 Å². The number of aromatic nitrogens is 1. The largest absolute Gasteiger partial charge is 0.296 e. The molecule has 24 heavy (non-hydrogen) atoms. The van der Waals surface area contributed by atoms with E-state index in [1.807, 2.05) is 11.0 Å². The van der Waals surface area contributed by atoms with Gasteiger partial charge in [-0.3, -0.25) is 4.90 Å². The van der Waals surface area contributed by atoms with Crippen LogP contribution in [0.3, 0.4) is 0 Å². The lowest BCUT2D eigenvalue weighted by atomic mass is 10.2. The summed E-state index contributed by atoms with van der Waals surface area (Å²) in [6.07, 6.45) is 0. The fraction of sp³-hybridized carbons (Fsp3) is 0.278. The zero-order chi connectivity index (χ0) is 16.2. The smallest absolute Gasteiger partial charge is 0.162 e. The first-order chi connectivity index (χ1) is 11.9. The van der Waals surface area contributed by atoms with Crippen LogP contribution in [-0.2, 0) is 6.54 Å². The maximum Gasteiger partial charge on any atom is 0.162 e. The van der Waals surface area contributed by atoms with Gasteiger partial charge in [-0.2, -0.15) is 0 Å². The van der Waals surface area contributed by atoms with E-state index in [1.165, 1.54) is 10.3 Å². The standard InChI is InChI=1S/C18H19N3S3/c1-2-6-15(7-3-1)14-20-10-12-21(13-11-20)24-23-18-19-16-8-4-5-9-17(16)22-18/h1-9H,10-14H2. The highest BCUT2D eigenvalue weighted by molar-refractivity contribution is 8.76. The second-order valence-corrected chi connectivity index (χ2v) is 9.25. The van der Waals surface area contributed by atoms with Crippen LogP contribution < -0.4 is 0 Å². The topological polar surface area (TPSA) is 19.4 Å². The van der Waals surface area contributed by atoms with Crippen LogP contribution in [0.5, 0.6) is 0 Å². The van der Waals surface area contributed by atoms with E-state index in [9.17, 15) is 0 Å². The van der Waals surface area contributed by atoms with Crippen molar-refractivity contribution in [1.29, 1.82) is 0 Å². The minimum absolute atomic E-state index is 1.06. The fourth-order valence-corrected chi connectivity index (χ4v) is 6.14. The van der Waals surface area contributed by atoms with Gasteiger partial charge in [-0.05, 0) is 39.5 Å². The highest BCUT2D eigenvalue weighted by Gasteiger charge is 2.18. The lowest BCUT2D eigenvalue weighted by molar-refractivity contribution is 0.190. The van der Waals surface area contributed by atoms with Crippen LogP contribution in [0.15, 0.2) is 58.9 Å². The SMILES string of the molecule is c1ccc(CN2CCN(SSc3nc4ccccc4s3)CC2)cc1. The lowest BCUT2D eigenvalue weighted by Gasteiger charge is -2.33. The highest BCUT2D eigenvalue weighted by Crippen LogP contribution is 2.38. The Bertz CT molecular complexity index is 749. The summed E-state index contributed by atoms with van der Waals surface area (Å²) in [7, 11) is 3.63. The van der Waals surface area contributed by atoms with Crippen molar-refractivity contribution in [2.24, 2.45) is 0 Å². The quantitative estimate of drug-likeness (QED) is 0.472. The summed E-state index contributed by atoms with van der Waals surface area (Å²) >= 11 is 1.78. The van der Waals surface area contributed by atoms with Gasteiger partial charge in [-0.1, -0.05) is 42.5 Å². The van der Waals surface area contributed by atoms with Gasteiger partial charge >= 0.3 is 0 Å². The van der Waals surface area contributed by atoms with Gasteiger partial charge in [0.2, 0.25) is 0 Å². The summed E-state index contributed by atoms with van der Waals surface area (Å²) in [5, 5.41) is 0. The molecular formula is C18H19N3S3. The van der Waals surface area contributed by atoms with Crippen molar-refractivity contribution in [3.63, 3.8) is 0 Å². The van der Waals surface area contributed by atoms with E-state index in [1.54, 1.807) is 22.1 Å². The third kappa shape index (κ3) is 4.13. The van der Waals surface area contributed by atoms with Gasteiger partial charge in [0.1, 0.15) is 0 Å². The van der Waals surface area contributed by atoms with E-state index < -0.39 is 0 Å². The van der Waals surface area contributed by atoms with E-state index in [-0.39, 0.29) is 0 Å². The molecule has 0 atom stereocenters. The molecule has 0 amide bonds. The van der Waals surface area contributed by atoms with Crippen LogP contribution in [0.1, 0.15) is 5.56 Å². The van der Waals surface area contributed by atoms with E-state index in [0.717, 1.165) is 42.6 Å². The van der Waals surface area contributed by atoms with Gasteiger partial charge in [-0.15, -0.1) is 11.3 Å². The third-order valence-electron chi connectivity index (χ3n) is 4.07. The molecule has 0 saturated carbocycles. The molecular weight excluding hydrogens is 354 g/mol. The molecule has 1 saturated heterocycles. The molecule has 2 aromatic carbocycles. The van der Waals surface area contributed by atoms with Gasteiger partial charge < -0.3 is 0 Å². The predicted octanol–water partition coefficient (Wildman–Crippen LogP) is 4.77. The monoisotopic (exact) mass is 373 g/mol. The number of hydrogen-bond donors (Lipinski definition) is 0. The van der Waals surface area contributed by atoms with Gasteiger partial charge in [0.25, 0.3) is 0 Å². The molecule has 0 unspecified atom stereocenters. The molecule has 1 fully saturated rings. The van der Waals surface area contributed by atoms with Gasteiger partial charge in [-0.25, -0.2) is 9.29 Å². The Kier molecular flexibility index (Phi) is 5.40. The molecule has 0 bridgehead atoms. The van der Waals surface area contributed by atoms with Gasteiger partial charge in [0.05, 0.1) is 10.2 Å². The Morgan fingerprint density at radius 2 is 1.67 bits per heavy atom. The van der Waals surface area contributed by atoms with Crippen molar-refractivity contribution >= 4 is 43.3 Å². The van der Waals surface area contributed by atoms with Crippen molar-refractivity contribution < 1.29 is 0 Å². The minimum atomic E-state index is 1.06. The molecule has 0 N–H and O–H groups in total. The molecule has 0 radical (unpaired) electrons. The molecule has 3 nitrogen and oxygen atoms in total.